The van der Waals surface area contributed by atoms with Gasteiger partial charge in [0.2, 0.25) is 11.8 Å². The summed E-state index contributed by atoms with van der Waals surface area (Å²) in [6.07, 6.45) is 3.13. The lowest BCUT2D eigenvalue weighted by atomic mass is 9.80. The van der Waals surface area contributed by atoms with Crippen LogP contribution in [0.2, 0.25) is 0 Å². The van der Waals surface area contributed by atoms with Crippen molar-refractivity contribution >= 4 is 11.8 Å². The maximum atomic E-state index is 13.2. The Morgan fingerprint density at radius 2 is 1.74 bits per heavy atom. The van der Waals surface area contributed by atoms with E-state index in [2.05, 4.69) is 13.8 Å². The van der Waals surface area contributed by atoms with Crippen LogP contribution in [0.3, 0.4) is 0 Å². The van der Waals surface area contributed by atoms with Gasteiger partial charge in [-0.15, -0.1) is 0 Å². The number of carbonyl (C=O) groups is 2. The van der Waals surface area contributed by atoms with Gasteiger partial charge >= 0.3 is 0 Å². The lowest BCUT2D eigenvalue weighted by molar-refractivity contribution is -0.146. The topological polar surface area (TPSA) is 83.6 Å². The predicted molar refractivity (Wildman–Crippen MR) is 107 cm³/mol. The van der Waals surface area contributed by atoms with E-state index < -0.39 is 11.5 Å². The van der Waals surface area contributed by atoms with Crippen LogP contribution in [0, 0.1) is 17.8 Å². The molecule has 1 saturated heterocycles. The fraction of sp³-hybridized carbons (Fsp3) is 0.636. The van der Waals surface area contributed by atoms with Gasteiger partial charge in [0.25, 0.3) is 0 Å². The zero-order chi connectivity index (χ0) is 20.0. The summed E-state index contributed by atoms with van der Waals surface area (Å²) in [5, 5.41) is 11.0. The Balaban J connectivity index is 2.11. The molecule has 0 aromatic heterocycles. The summed E-state index contributed by atoms with van der Waals surface area (Å²) in [6.45, 7) is 7.13. The van der Waals surface area contributed by atoms with Crippen molar-refractivity contribution in [2.75, 3.05) is 13.1 Å². The molecule has 1 aromatic carbocycles. The van der Waals surface area contributed by atoms with Gasteiger partial charge in [-0.2, -0.15) is 0 Å². The number of carbonyl (C=O) groups excluding carboxylic acids is 2. The van der Waals surface area contributed by atoms with E-state index in [1.807, 2.05) is 42.2 Å². The minimum Gasteiger partial charge on any atom is -0.385 e. The van der Waals surface area contributed by atoms with Crippen LogP contribution < -0.4 is 5.73 Å². The first-order chi connectivity index (χ1) is 12.8. The first-order valence-electron chi connectivity index (χ1n) is 10.1. The molecule has 0 aliphatic carbocycles. The molecule has 2 rings (SSSR count). The van der Waals surface area contributed by atoms with E-state index in [1.54, 1.807) is 0 Å². The summed E-state index contributed by atoms with van der Waals surface area (Å²) >= 11 is 0. The highest BCUT2D eigenvalue weighted by Gasteiger charge is 2.39. The number of amides is 2. The van der Waals surface area contributed by atoms with E-state index in [0.29, 0.717) is 44.7 Å². The van der Waals surface area contributed by atoms with Gasteiger partial charge in [0.05, 0.1) is 5.60 Å². The van der Waals surface area contributed by atoms with Crippen LogP contribution >= 0.6 is 0 Å². The maximum Gasteiger partial charge on any atom is 0.226 e. The summed E-state index contributed by atoms with van der Waals surface area (Å²) in [6, 6.07) is 9.64. The number of aliphatic hydroxyl groups is 1. The Bertz CT molecular complexity index is 622. The van der Waals surface area contributed by atoms with E-state index >= 15 is 0 Å². The Morgan fingerprint density at radius 1 is 1.15 bits per heavy atom. The second-order valence-electron chi connectivity index (χ2n) is 8.26. The Hall–Kier alpha value is -1.88. The van der Waals surface area contributed by atoms with E-state index in [9.17, 15) is 14.7 Å². The van der Waals surface area contributed by atoms with Gasteiger partial charge < -0.3 is 15.7 Å². The minimum absolute atomic E-state index is 0.0102. The van der Waals surface area contributed by atoms with Crippen molar-refractivity contribution in [1.82, 2.24) is 4.90 Å². The average Bonchev–Trinajstić information content (AvgIpc) is 2.65. The smallest absolute Gasteiger partial charge is 0.226 e. The molecule has 0 saturated carbocycles. The average molecular weight is 375 g/mol. The largest absolute Gasteiger partial charge is 0.385 e. The van der Waals surface area contributed by atoms with E-state index in [-0.39, 0.29) is 17.7 Å². The molecule has 5 nitrogen and oxygen atoms in total. The molecule has 150 valence electrons. The fourth-order valence-electron chi connectivity index (χ4n) is 4.17. The molecule has 1 aliphatic rings. The SMILES string of the molecule is CCC[C@H](C(N)=O)[C@@H](CC(C)C)C(=O)N1CCC(O)(c2ccccc2)CC1. The Kier molecular flexibility index (Phi) is 7.42. The summed E-state index contributed by atoms with van der Waals surface area (Å²) in [5.74, 6) is -0.849. The highest BCUT2D eigenvalue weighted by atomic mass is 16.3. The number of likely N-dealkylation sites (tertiary alicyclic amines) is 1. The molecule has 5 heteroatoms. The molecule has 1 aliphatic heterocycles. The zero-order valence-corrected chi connectivity index (χ0v) is 16.9. The number of piperidine rings is 1. The summed E-state index contributed by atoms with van der Waals surface area (Å²) in [4.78, 5) is 27.1. The lowest BCUT2D eigenvalue weighted by Gasteiger charge is -2.40. The third-order valence-electron chi connectivity index (χ3n) is 5.71. The van der Waals surface area contributed by atoms with Crippen molar-refractivity contribution in [1.29, 1.82) is 0 Å². The number of nitrogens with zero attached hydrogens (tertiary/aromatic N) is 1. The molecule has 3 N–H and O–H groups in total. The highest BCUT2D eigenvalue weighted by molar-refractivity contribution is 5.87. The van der Waals surface area contributed by atoms with Gasteiger partial charge in [0.1, 0.15) is 0 Å². The first-order valence-corrected chi connectivity index (χ1v) is 10.1. The van der Waals surface area contributed by atoms with Gasteiger partial charge in [0, 0.05) is 24.9 Å². The van der Waals surface area contributed by atoms with Crippen molar-refractivity contribution in [2.24, 2.45) is 23.5 Å². The number of hydrogen-bond acceptors (Lipinski definition) is 3. The second kappa shape index (κ2) is 9.36. The second-order valence-corrected chi connectivity index (χ2v) is 8.26. The molecule has 0 unspecified atom stereocenters. The number of primary amides is 1. The molecule has 2 amide bonds. The van der Waals surface area contributed by atoms with Crippen molar-refractivity contribution in [3.8, 4) is 0 Å². The van der Waals surface area contributed by atoms with Crippen LogP contribution in [0.1, 0.15) is 58.4 Å². The van der Waals surface area contributed by atoms with Gasteiger partial charge in [-0.05, 0) is 37.2 Å². The molecular formula is C22H34N2O3. The Labute approximate surface area is 162 Å². The highest BCUT2D eigenvalue weighted by Crippen LogP contribution is 2.34. The summed E-state index contributed by atoms with van der Waals surface area (Å²) in [5.41, 5.74) is 5.65. The van der Waals surface area contributed by atoms with Gasteiger partial charge in [-0.25, -0.2) is 0 Å². The molecule has 2 atom stereocenters. The van der Waals surface area contributed by atoms with Crippen molar-refractivity contribution in [3.05, 3.63) is 35.9 Å². The van der Waals surface area contributed by atoms with Crippen LogP contribution in [0.5, 0.6) is 0 Å². The van der Waals surface area contributed by atoms with Gasteiger partial charge in [-0.3, -0.25) is 9.59 Å². The summed E-state index contributed by atoms with van der Waals surface area (Å²) in [7, 11) is 0. The van der Waals surface area contributed by atoms with E-state index in [1.165, 1.54) is 0 Å². The molecule has 27 heavy (non-hydrogen) atoms. The molecule has 1 aromatic rings. The Morgan fingerprint density at radius 3 is 2.22 bits per heavy atom. The van der Waals surface area contributed by atoms with Crippen LogP contribution in [-0.4, -0.2) is 34.9 Å². The minimum atomic E-state index is -0.891. The third kappa shape index (κ3) is 5.32. The first kappa shape index (κ1) is 21.4. The standard InChI is InChI=1S/C22H34N2O3/c1-4-8-18(20(23)25)19(15-16(2)3)21(26)24-13-11-22(27,12-14-24)17-9-6-5-7-10-17/h5-7,9-10,16,18-19,27H,4,8,11-15H2,1-3H3,(H2,23,25)/t18-,19+/m0/s1. The van der Waals surface area contributed by atoms with Crippen molar-refractivity contribution in [3.63, 3.8) is 0 Å². The van der Waals surface area contributed by atoms with E-state index in [4.69, 9.17) is 5.73 Å². The molecule has 0 bridgehead atoms. The fourth-order valence-corrected chi connectivity index (χ4v) is 4.17. The van der Waals surface area contributed by atoms with Crippen molar-refractivity contribution in [2.45, 2.75) is 58.5 Å². The molecule has 0 radical (unpaired) electrons. The number of rotatable bonds is 8. The zero-order valence-electron chi connectivity index (χ0n) is 16.9. The van der Waals surface area contributed by atoms with Gasteiger partial charge in [0.15, 0.2) is 0 Å². The quantitative estimate of drug-likeness (QED) is 0.733. The summed E-state index contributed by atoms with van der Waals surface area (Å²) < 4.78 is 0. The number of benzene rings is 1. The van der Waals surface area contributed by atoms with Crippen LogP contribution in [0.25, 0.3) is 0 Å². The molecule has 1 heterocycles. The van der Waals surface area contributed by atoms with Crippen molar-refractivity contribution < 1.29 is 14.7 Å². The third-order valence-corrected chi connectivity index (χ3v) is 5.71. The van der Waals surface area contributed by atoms with Gasteiger partial charge in [-0.1, -0.05) is 57.5 Å². The van der Waals surface area contributed by atoms with Crippen LogP contribution in [0.4, 0.5) is 0 Å². The predicted octanol–water partition coefficient (Wildman–Crippen LogP) is 3.06. The molecule has 0 spiro atoms. The van der Waals surface area contributed by atoms with E-state index in [0.717, 1.165) is 12.0 Å². The monoisotopic (exact) mass is 374 g/mol. The molecular weight excluding hydrogens is 340 g/mol. The van der Waals surface area contributed by atoms with Crippen LogP contribution in [-0.2, 0) is 15.2 Å². The maximum absolute atomic E-state index is 13.2. The number of nitrogens with two attached hydrogens (primary N) is 1. The normalized spacial score (nSPS) is 18.9. The number of hydrogen-bond donors (Lipinski definition) is 2. The lowest BCUT2D eigenvalue weighted by Crippen LogP contribution is -2.49. The van der Waals surface area contributed by atoms with Crippen LogP contribution in [0.15, 0.2) is 30.3 Å². The molecule has 1 fully saturated rings.